The number of H-pyrrole nitrogens is 1. The van der Waals surface area contributed by atoms with Crippen LogP contribution < -0.4 is 5.32 Å². The van der Waals surface area contributed by atoms with Crippen molar-refractivity contribution < 1.29 is 4.79 Å². The molecule has 25 heavy (non-hydrogen) atoms. The number of carbonyl (C=O) groups excluding carboxylic acids is 1. The van der Waals surface area contributed by atoms with Gasteiger partial charge in [-0.1, -0.05) is 43.5 Å². The quantitative estimate of drug-likeness (QED) is 0.751. The van der Waals surface area contributed by atoms with E-state index >= 15 is 0 Å². The molecule has 4 heteroatoms. The van der Waals surface area contributed by atoms with Crippen LogP contribution in [0.5, 0.6) is 0 Å². The van der Waals surface area contributed by atoms with E-state index in [1.807, 2.05) is 48.5 Å². The summed E-state index contributed by atoms with van der Waals surface area (Å²) in [5.41, 5.74) is 3.93. The minimum Gasteiger partial charge on any atom is -0.349 e. The molecule has 1 heterocycles. The molecule has 0 atom stereocenters. The van der Waals surface area contributed by atoms with Crippen molar-refractivity contribution in [3.8, 4) is 0 Å². The molecule has 1 amide bonds. The minimum atomic E-state index is 0.0437. The van der Waals surface area contributed by atoms with Gasteiger partial charge in [0.2, 0.25) is 0 Å². The van der Waals surface area contributed by atoms with E-state index in [0.717, 1.165) is 47.2 Å². The first-order chi connectivity index (χ1) is 12.3. The second kappa shape index (κ2) is 7.09. The Labute approximate surface area is 147 Å². The highest BCUT2D eigenvalue weighted by molar-refractivity contribution is 5.94. The number of fused-ring (bicyclic) bond motifs is 1. The Bertz CT molecular complexity index is 827. The number of nitrogens with one attached hydrogen (secondary N) is 2. The summed E-state index contributed by atoms with van der Waals surface area (Å²) in [5, 5.41) is 3.16. The standard InChI is InChI=1S/C21H23N3O/c25-21(22-17-6-2-1-3-7-17)16-12-10-15(11-13-16)14-20-23-18-8-4-5-9-19(18)24-20/h4-5,8-13,17H,1-3,6-7,14H2,(H,22,25)(H,23,24). The lowest BCUT2D eigenvalue weighted by atomic mass is 9.95. The Morgan fingerprint density at radius 3 is 2.56 bits per heavy atom. The maximum Gasteiger partial charge on any atom is 0.251 e. The maximum absolute atomic E-state index is 12.4. The third-order valence-electron chi connectivity index (χ3n) is 4.97. The zero-order chi connectivity index (χ0) is 17.1. The number of rotatable bonds is 4. The fraction of sp³-hybridized carbons (Fsp3) is 0.333. The minimum absolute atomic E-state index is 0.0437. The molecule has 4 rings (SSSR count). The molecule has 128 valence electrons. The normalized spacial score (nSPS) is 15.4. The highest BCUT2D eigenvalue weighted by atomic mass is 16.1. The van der Waals surface area contributed by atoms with E-state index < -0.39 is 0 Å². The van der Waals surface area contributed by atoms with Gasteiger partial charge in [-0.25, -0.2) is 4.98 Å². The van der Waals surface area contributed by atoms with E-state index in [4.69, 9.17) is 0 Å². The van der Waals surface area contributed by atoms with E-state index in [1.165, 1.54) is 19.3 Å². The molecule has 1 aliphatic carbocycles. The molecule has 1 fully saturated rings. The van der Waals surface area contributed by atoms with Crippen molar-refractivity contribution in [2.45, 2.75) is 44.6 Å². The molecule has 0 radical (unpaired) electrons. The second-order valence-electron chi connectivity index (χ2n) is 6.88. The first-order valence-corrected chi connectivity index (χ1v) is 9.11. The van der Waals surface area contributed by atoms with E-state index in [0.29, 0.717) is 6.04 Å². The van der Waals surface area contributed by atoms with Crippen molar-refractivity contribution in [2.75, 3.05) is 0 Å². The highest BCUT2D eigenvalue weighted by Gasteiger charge is 2.16. The smallest absolute Gasteiger partial charge is 0.251 e. The number of amides is 1. The number of aromatic amines is 1. The summed E-state index contributed by atoms with van der Waals surface area (Å²) in [6.07, 6.45) is 6.69. The predicted octanol–water partition coefficient (Wildman–Crippen LogP) is 4.22. The number of para-hydroxylation sites is 2. The molecular formula is C21H23N3O. The second-order valence-corrected chi connectivity index (χ2v) is 6.88. The van der Waals surface area contributed by atoms with Crippen molar-refractivity contribution >= 4 is 16.9 Å². The number of benzene rings is 2. The van der Waals surface area contributed by atoms with Gasteiger partial charge in [-0.15, -0.1) is 0 Å². The summed E-state index contributed by atoms with van der Waals surface area (Å²) in [6, 6.07) is 16.2. The van der Waals surface area contributed by atoms with Gasteiger partial charge >= 0.3 is 0 Å². The molecule has 0 unspecified atom stereocenters. The molecule has 2 aromatic carbocycles. The number of carbonyl (C=O) groups is 1. The molecule has 1 aliphatic rings. The van der Waals surface area contributed by atoms with Gasteiger partial charge in [-0.3, -0.25) is 4.79 Å². The van der Waals surface area contributed by atoms with Gasteiger partial charge in [0.1, 0.15) is 5.82 Å². The summed E-state index contributed by atoms with van der Waals surface area (Å²) >= 11 is 0. The van der Waals surface area contributed by atoms with E-state index in [2.05, 4.69) is 15.3 Å². The lowest BCUT2D eigenvalue weighted by Gasteiger charge is -2.22. The summed E-state index contributed by atoms with van der Waals surface area (Å²) in [4.78, 5) is 20.3. The zero-order valence-corrected chi connectivity index (χ0v) is 14.3. The molecule has 3 aromatic rings. The lowest BCUT2D eigenvalue weighted by Crippen LogP contribution is -2.36. The van der Waals surface area contributed by atoms with Crippen LogP contribution in [0.2, 0.25) is 0 Å². The third kappa shape index (κ3) is 3.73. The molecule has 2 N–H and O–H groups in total. The van der Waals surface area contributed by atoms with E-state index in [-0.39, 0.29) is 5.91 Å². The first kappa shape index (κ1) is 15.9. The van der Waals surface area contributed by atoms with Crippen molar-refractivity contribution in [2.24, 2.45) is 0 Å². The van der Waals surface area contributed by atoms with Gasteiger partial charge in [0.05, 0.1) is 11.0 Å². The van der Waals surface area contributed by atoms with Gasteiger partial charge in [0.25, 0.3) is 5.91 Å². The van der Waals surface area contributed by atoms with Crippen molar-refractivity contribution in [3.63, 3.8) is 0 Å². The molecule has 0 saturated heterocycles. The molecular weight excluding hydrogens is 310 g/mol. The van der Waals surface area contributed by atoms with Crippen LogP contribution in [0.25, 0.3) is 11.0 Å². The van der Waals surface area contributed by atoms with Crippen LogP contribution >= 0.6 is 0 Å². The van der Waals surface area contributed by atoms with Crippen LogP contribution in [0.3, 0.4) is 0 Å². The number of imidazole rings is 1. The first-order valence-electron chi connectivity index (χ1n) is 9.11. The molecule has 0 spiro atoms. The SMILES string of the molecule is O=C(NC1CCCCC1)c1ccc(Cc2nc3ccccc3[nH]2)cc1. The van der Waals surface area contributed by atoms with Gasteiger partial charge < -0.3 is 10.3 Å². The van der Waals surface area contributed by atoms with E-state index in [1.54, 1.807) is 0 Å². The fourth-order valence-electron chi connectivity index (χ4n) is 3.57. The van der Waals surface area contributed by atoms with Crippen LogP contribution in [0, 0.1) is 0 Å². The fourth-order valence-corrected chi connectivity index (χ4v) is 3.57. The van der Waals surface area contributed by atoms with Crippen molar-refractivity contribution in [1.82, 2.24) is 15.3 Å². The van der Waals surface area contributed by atoms with Crippen LogP contribution in [0.1, 0.15) is 53.8 Å². The number of hydrogen-bond donors (Lipinski definition) is 2. The highest BCUT2D eigenvalue weighted by Crippen LogP contribution is 2.18. The average Bonchev–Trinajstić information content (AvgIpc) is 3.05. The van der Waals surface area contributed by atoms with E-state index in [9.17, 15) is 4.79 Å². The van der Waals surface area contributed by atoms with Gasteiger partial charge in [0.15, 0.2) is 0 Å². The Hall–Kier alpha value is -2.62. The van der Waals surface area contributed by atoms with Crippen LogP contribution in [-0.4, -0.2) is 21.9 Å². The Balaban J connectivity index is 1.41. The lowest BCUT2D eigenvalue weighted by molar-refractivity contribution is 0.0927. The Kier molecular flexibility index (Phi) is 4.51. The monoisotopic (exact) mass is 333 g/mol. The Morgan fingerprint density at radius 2 is 1.80 bits per heavy atom. The third-order valence-corrected chi connectivity index (χ3v) is 4.97. The van der Waals surface area contributed by atoms with Gasteiger partial charge in [-0.2, -0.15) is 0 Å². The van der Waals surface area contributed by atoms with Crippen molar-refractivity contribution in [3.05, 3.63) is 65.5 Å². The molecule has 0 aliphatic heterocycles. The van der Waals surface area contributed by atoms with Crippen LogP contribution in [0.4, 0.5) is 0 Å². The maximum atomic E-state index is 12.4. The van der Waals surface area contributed by atoms with Crippen molar-refractivity contribution in [1.29, 1.82) is 0 Å². The number of hydrogen-bond acceptors (Lipinski definition) is 2. The summed E-state index contributed by atoms with van der Waals surface area (Å²) in [7, 11) is 0. The Morgan fingerprint density at radius 1 is 1.04 bits per heavy atom. The molecule has 4 nitrogen and oxygen atoms in total. The van der Waals surface area contributed by atoms with Gasteiger partial charge in [0, 0.05) is 18.0 Å². The predicted molar refractivity (Wildman–Crippen MR) is 99.7 cm³/mol. The number of aromatic nitrogens is 2. The molecule has 1 aromatic heterocycles. The average molecular weight is 333 g/mol. The zero-order valence-electron chi connectivity index (χ0n) is 14.3. The summed E-state index contributed by atoms with van der Waals surface area (Å²) in [6.45, 7) is 0. The van der Waals surface area contributed by atoms with Gasteiger partial charge in [-0.05, 0) is 42.7 Å². The summed E-state index contributed by atoms with van der Waals surface area (Å²) in [5.74, 6) is 0.989. The number of nitrogens with zero attached hydrogens (tertiary/aromatic N) is 1. The van der Waals surface area contributed by atoms with Crippen LogP contribution in [0.15, 0.2) is 48.5 Å². The molecule has 1 saturated carbocycles. The van der Waals surface area contributed by atoms with Crippen LogP contribution in [-0.2, 0) is 6.42 Å². The molecule has 0 bridgehead atoms. The summed E-state index contributed by atoms with van der Waals surface area (Å²) < 4.78 is 0. The largest absolute Gasteiger partial charge is 0.349 e. The topological polar surface area (TPSA) is 57.8 Å².